The van der Waals surface area contributed by atoms with Gasteiger partial charge in [-0.15, -0.1) is 0 Å². The van der Waals surface area contributed by atoms with Crippen molar-refractivity contribution in [3.63, 3.8) is 0 Å². The predicted octanol–water partition coefficient (Wildman–Crippen LogP) is 2.66. The molecule has 0 saturated carbocycles. The van der Waals surface area contributed by atoms with Gasteiger partial charge in [0.05, 0.1) is 12.2 Å². The topological polar surface area (TPSA) is 43.8 Å². The third-order valence-corrected chi connectivity index (χ3v) is 3.19. The van der Waals surface area contributed by atoms with E-state index < -0.39 is 0 Å². The number of aromatic nitrogens is 2. The van der Waals surface area contributed by atoms with Crippen molar-refractivity contribution < 1.29 is 0 Å². The Labute approximate surface area is 106 Å². The van der Waals surface area contributed by atoms with Crippen LogP contribution in [0.4, 0.5) is 0 Å². The smallest absolute Gasteiger partial charge is 0.0663 e. The first-order chi connectivity index (χ1) is 8.11. The summed E-state index contributed by atoms with van der Waals surface area (Å²) in [5.74, 6) is 0. The minimum Gasteiger partial charge on any atom is -0.326 e. The fraction of sp³-hybridized carbons (Fsp3) is 0.308. The molecule has 0 saturated heterocycles. The molecule has 1 aromatic heterocycles. The second-order valence-electron chi connectivity index (χ2n) is 4.14. The van der Waals surface area contributed by atoms with Gasteiger partial charge in [-0.2, -0.15) is 5.10 Å². The highest BCUT2D eigenvalue weighted by molar-refractivity contribution is 6.30. The van der Waals surface area contributed by atoms with E-state index in [1.165, 1.54) is 0 Å². The number of aryl methyl sites for hydroxylation is 1. The second kappa shape index (κ2) is 4.90. The second-order valence-corrected chi connectivity index (χ2v) is 4.58. The van der Waals surface area contributed by atoms with E-state index >= 15 is 0 Å². The summed E-state index contributed by atoms with van der Waals surface area (Å²) < 4.78 is 1.98. The number of hydrogen-bond acceptors (Lipinski definition) is 2. The molecule has 90 valence electrons. The fourth-order valence-corrected chi connectivity index (χ4v) is 2.20. The number of hydrogen-bond donors (Lipinski definition) is 1. The van der Waals surface area contributed by atoms with Gasteiger partial charge in [0.1, 0.15) is 0 Å². The molecule has 0 aliphatic carbocycles. The quantitative estimate of drug-likeness (QED) is 0.909. The Kier molecular flexibility index (Phi) is 3.50. The third-order valence-electron chi connectivity index (χ3n) is 2.96. The van der Waals surface area contributed by atoms with Crippen LogP contribution in [0.15, 0.2) is 24.3 Å². The number of rotatable bonds is 3. The van der Waals surface area contributed by atoms with Crippen LogP contribution in [0.5, 0.6) is 0 Å². The van der Waals surface area contributed by atoms with Gasteiger partial charge in [0.15, 0.2) is 0 Å². The van der Waals surface area contributed by atoms with Crippen molar-refractivity contribution in [2.45, 2.75) is 26.9 Å². The van der Waals surface area contributed by atoms with Crippen molar-refractivity contribution in [2.24, 2.45) is 5.73 Å². The van der Waals surface area contributed by atoms with E-state index in [0.717, 1.165) is 34.1 Å². The summed E-state index contributed by atoms with van der Waals surface area (Å²) in [7, 11) is 0. The molecular formula is C13H16ClN3. The SMILES string of the molecule is Cc1nn(Cc2cccc(Cl)c2)c(C)c1CN. The molecule has 1 heterocycles. The summed E-state index contributed by atoms with van der Waals surface area (Å²) in [4.78, 5) is 0. The highest BCUT2D eigenvalue weighted by Gasteiger charge is 2.09. The monoisotopic (exact) mass is 249 g/mol. The van der Waals surface area contributed by atoms with Gasteiger partial charge in [-0.1, -0.05) is 23.7 Å². The highest BCUT2D eigenvalue weighted by Crippen LogP contribution is 2.16. The Hall–Kier alpha value is -1.32. The molecule has 0 bridgehead atoms. The van der Waals surface area contributed by atoms with Crippen LogP contribution < -0.4 is 5.73 Å². The van der Waals surface area contributed by atoms with E-state index in [2.05, 4.69) is 5.10 Å². The maximum absolute atomic E-state index is 5.96. The molecule has 3 nitrogen and oxygen atoms in total. The first kappa shape index (κ1) is 12.1. The highest BCUT2D eigenvalue weighted by atomic mass is 35.5. The Morgan fingerprint density at radius 2 is 2.12 bits per heavy atom. The Morgan fingerprint density at radius 3 is 2.71 bits per heavy atom. The zero-order valence-electron chi connectivity index (χ0n) is 10.1. The van der Waals surface area contributed by atoms with Crippen LogP contribution in [-0.4, -0.2) is 9.78 Å². The zero-order chi connectivity index (χ0) is 12.4. The fourth-order valence-electron chi connectivity index (χ4n) is 1.99. The molecule has 17 heavy (non-hydrogen) atoms. The maximum atomic E-state index is 5.96. The van der Waals surface area contributed by atoms with Gasteiger partial charge in [0, 0.05) is 22.8 Å². The summed E-state index contributed by atoms with van der Waals surface area (Å²) in [6.07, 6.45) is 0. The number of nitrogens with two attached hydrogens (primary N) is 1. The number of nitrogens with zero attached hydrogens (tertiary/aromatic N) is 2. The summed E-state index contributed by atoms with van der Waals surface area (Å²) in [6.45, 7) is 5.30. The lowest BCUT2D eigenvalue weighted by Gasteiger charge is -2.05. The van der Waals surface area contributed by atoms with Gasteiger partial charge < -0.3 is 5.73 Å². The van der Waals surface area contributed by atoms with Crippen molar-refractivity contribution >= 4 is 11.6 Å². The van der Waals surface area contributed by atoms with E-state index in [0.29, 0.717) is 6.54 Å². The molecule has 2 rings (SSSR count). The Morgan fingerprint density at radius 1 is 1.35 bits per heavy atom. The number of benzene rings is 1. The van der Waals surface area contributed by atoms with Crippen molar-refractivity contribution in [1.29, 1.82) is 0 Å². The lowest BCUT2D eigenvalue weighted by Crippen LogP contribution is -2.05. The number of halogens is 1. The molecule has 0 spiro atoms. The van der Waals surface area contributed by atoms with Crippen LogP contribution in [-0.2, 0) is 13.1 Å². The molecule has 0 amide bonds. The van der Waals surface area contributed by atoms with Gasteiger partial charge in [0.25, 0.3) is 0 Å². The van der Waals surface area contributed by atoms with Crippen molar-refractivity contribution in [3.05, 3.63) is 51.8 Å². The summed E-state index contributed by atoms with van der Waals surface area (Å²) in [5, 5.41) is 5.25. The van der Waals surface area contributed by atoms with E-state index in [4.69, 9.17) is 17.3 Å². The molecule has 0 fully saturated rings. The molecule has 0 radical (unpaired) electrons. The van der Waals surface area contributed by atoms with Gasteiger partial charge in [-0.05, 0) is 31.5 Å². The largest absolute Gasteiger partial charge is 0.326 e. The Balaban J connectivity index is 2.30. The van der Waals surface area contributed by atoms with E-state index in [1.54, 1.807) is 0 Å². The molecular weight excluding hydrogens is 234 g/mol. The van der Waals surface area contributed by atoms with Crippen molar-refractivity contribution in [3.8, 4) is 0 Å². The van der Waals surface area contributed by atoms with Crippen molar-refractivity contribution in [1.82, 2.24) is 9.78 Å². The Bertz CT molecular complexity index is 531. The molecule has 0 aliphatic heterocycles. The van der Waals surface area contributed by atoms with Crippen LogP contribution in [0.3, 0.4) is 0 Å². The average Bonchev–Trinajstić information content (AvgIpc) is 2.54. The van der Waals surface area contributed by atoms with E-state index in [-0.39, 0.29) is 0 Å². The van der Waals surface area contributed by atoms with E-state index in [1.807, 2.05) is 42.8 Å². The van der Waals surface area contributed by atoms with Crippen LogP contribution in [0.2, 0.25) is 5.02 Å². The minimum absolute atomic E-state index is 0.535. The standard InChI is InChI=1S/C13H16ClN3/c1-9-13(7-15)10(2)17(16-9)8-11-4-3-5-12(14)6-11/h3-6H,7-8,15H2,1-2H3. The summed E-state index contributed by atoms with van der Waals surface area (Å²) in [5.41, 5.74) is 10.1. The molecule has 2 N–H and O–H groups in total. The van der Waals surface area contributed by atoms with Gasteiger partial charge in [0.2, 0.25) is 0 Å². The van der Waals surface area contributed by atoms with Gasteiger partial charge in [-0.25, -0.2) is 0 Å². The molecule has 2 aromatic rings. The van der Waals surface area contributed by atoms with Gasteiger partial charge >= 0.3 is 0 Å². The maximum Gasteiger partial charge on any atom is 0.0663 e. The normalized spacial score (nSPS) is 10.8. The molecule has 0 atom stereocenters. The summed E-state index contributed by atoms with van der Waals surface area (Å²) in [6, 6.07) is 7.83. The predicted molar refractivity (Wildman–Crippen MR) is 70.1 cm³/mol. The van der Waals surface area contributed by atoms with Crippen LogP contribution in [0.1, 0.15) is 22.5 Å². The van der Waals surface area contributed by atoms with Crippen LogP contribution in [0.25, 0.3) is 0 Å². The molecule has 4 heteroatoms. The zero-order valence-corrected chi connectivity index (χ0v) is 10.8. The lowest BCUT2D eigenvalue weighted by molar-refractivity contribution is 0.658. The third kappa shape index (κ3) is 2.51. The van der Waals surface area contributed by atoms with Crippen molar-refractivity contribution in [2.75, 3.05) is 0 Å². The van der Waals surface area contributed by atoms with E-state index in [9.17, 15) is 0 Å². The van der Waals surface area contributed by atoms with Crippen LogP contribution in [0, 0.1) is 13.8 Å². The average molecular weight is 250 g/mol. The van der Waals surface area contributed by atoms with Gasteiger partial charge in [-0.3, -0.25) is 4.68 Å². The molecule has 1 aromatic carbocycles. The van der Waals surface area contributed by atoms with Crippen LogP contribution >= 0.6 is 11.6 Å². The molecule has 0 aliphatic rings. The molecule has 0 unspecified atom stereocenters. The first-order valence-electron chi connectivity index (χ1n) is 5.59. The lowest BCUT2D eigenvalue weighted by atomic mass is 10.2. The minimum atomic E-state index is 0.535. The summed E-state index contributed by atoms with van der Waals surface area (Å²) >= 11 is 5.96. The first-order valence-corrected chi connectivity index (χ1v) is 5.97.